The molecule has 2 fully saturated rings. The van der Waals surface area contributed by atoms with Gasteiger partial charge in [-0.3, -0.25) is 4.90 Å². The molecule has 0 saturated carbocycles. The lowest BCUT2D eigenvalue weighted by molar-refractivity contribution is 0.0294. The normalized spacial score (nSPS) is 24.6. The van der Waals surface area contributed by atoms with Crippen LogP contribution in [0.2, 0.25) is 0 Å². The molecule has 0 aliphatic carbocycles. The van der Waals surface area contributed by atoms with Gasteiger partial charge in [-0.1, -0.05) is 42.5 Å². The van der Waals surface area contributed by atoms with Crippen LogP contribution in [0.25, 0.3) is 10.8 Å². The number of hydrogen-bond donors (Lipinski definition) is 0. The van der Waals surface area contributed by atoms with Crippen molar-refractivity contribution >= 4 is 20.6 Å². The Bertz CT molecular complexity index is 866. The quantitative estimate of drug-likeness (QED) is 0.824. The first-order valence-electron chi connectivity index (χ1n) is 9.05. The maximum absolute atomic E-state index is 12.7. The van der Waals surface area contributed by atoms with Gasteiger partial charge in [-0.2, -0.15) is 0 Å². The van der Waals surface area contributed by atoms with E-state index in [2.05, 4.69) is 41.3 Å². The molecule has 4 nitrogen and oxygen atoms in total. The van der Waals surface area contributed by atoms with E-state index in [1.165, 1.54) is 16.3 Å². The van der Waals surface area contributed by atoms with E-state index in [4.69, 9.17) is 4.74 Å². The zero-order chi connectivity index (χ0) is 17.5. The lowest BCUT2D eigenvalue weighted by Crippen LogP contribution is -2.67. The largest absolute Gasteiger partial charge is 0.381 e. The van der Waals surface area contributed by atoms with Gasteiger partial charge in [0.1, 0.15) is 4.75 Å². The van der Waals surface area contributed by atoms with Crippen LogP contribution in [0.15, 0.2) is 42.5 Å². The summed E-state index contributed by atoms with van der Waals surface area (Å²) in [6, 6.07) is 14.7. The summed E-state index contributed by atoms with van der Waals surface area (Å²) in [5, 5.41) is 2.49. The van der Waals surface area contributed by atoms with Crippen molar-refractivity contribution in [1.82, 2.24) is 4.90 Å². The van der Waals surface area contributed by atoms with Crippen LogP contribution in [0.5, 0.6) is 0 Å². The first kappa shape index (κ1) is 17.0. The second-order valence-electron chi connectivity index (χ2n) is 7.31. The molecular formula is C20H25NO3S. The SMILES string of the molecule is CCOC[C@H]1CCS(=O)(=O)C12CN(Cc1cccc3ccccc13)C2. The minimum Gasteiger partial charge on any atom is -0.381 e. The van der Waals surface area contributed by atoms with E-state index in [0.29, 0.717) is 32.1 Å². The topological polar surface area (TPSA) is 46.6 Å². The Balaban J connectivity index is 1.52. The Morgan fingerprint density at radius 3 is 2.72 bits per heavy atom. The number of hydrogen-bond acceptors (Lipinski definition) is 4. The van der Waals surface area contributed by atoms with Gasteiger partial charge in [0.25, 0.3) is 0 Å². The average Bonchev–Trinajstić information content (AvgIpc) is 2.84. The van der Waals surface area contributed by atoms with Crippen LogP contribution in [0.1, 0.15) is 18.9 Å². The molecule has 2 aromatic carbocycles. The third kappa shape index (κ3) is 2.78. The van der Waals surface area contributed by atoms with Crippen molar-refractivity contribution in [1.29, 1.82) is 0 Å². The van der Waals surface area contributed by atoms with Crippen molar-refractivity contribution in [3.63, 3.8) is 0 Å². The summed E-state index contributed by atoms with van der Waals surface area (Å²) in [7, 11) is -3.02. The van der Waals surface area contributed by atoms with Crippen molar-refractivity contribution in [3.05, 3.63) is 48.0 Å². The summed E-state index contributed by atoms with van der Waals surface area (Å²) in [6.07, 6.45) is 0.741. The standard InChI is InChI=1S/C20H25NO3S/c1-2-24-13-18-10-11-25(22,23)20(18)14-21(15-20)12-17-8-5-7-16-6-3-4-9-19(16)17/h3-9,18H,2,10-15H2,1H3/t18-/m1/s1. The highest BCUT2D eigenvalue weighted by Crippen LogP contribution is 2.45. The van der Waals surface area contributed by atoms with Crippen LogP contribution >= 0.6 is 0 Å². The number of rotatable bonds is 5. The maximum atomic E-state index is 12.7. The van der Waals surface area contributed by atoms with Crippen LogP contribution in [-0.2, 0) is 21.1 Å². The van der Waals surface area contributed by atoms with Crippen molar-refractivity contribution < 1.29 is 13.2 Å². The molecule has 2 heterocycles. The number of likely N-dealkylation sites (tertiary alicyclic amines) is 1. The Labute approximate surface area is 149 Å². The molecule has 2 aliphatic heterocycles. The van der Waals surface area contributed by atoms with Crippen LogP contribution in [0, 0.1) is 5.92 Å². The van der Waals surface area contributed by atoms with Gasteiger partial charge in [0.15, 0.2) is 9.84 Å². The molecule has 25 heavy (non-hydrogen) atoms. The second kappa shape index (κ2) is 6.38. The van der Waals surface area contributed by atoms with Crippen molar-refractivity contribution in [3.8, 4) is 0 Å². The molecule has 4 rings (SSSR count). The van der Waals surface area contributed by atoms with Gasteiger partial charge >= 0.3 is 0 Å². The minimum absolute atomic E-state index is 0.140. The van der Waals surface area contributed by atoms with E-state index in [1.807, 2.05) is 13.0 Å². The van der Waals surface area contributed by atoms with Crippen LogP contribution in [-0.4, -0.2) is 50.1 Å². The number of nitrogens with zero attached hydrogens (tertiary/aromatic N) is 1. The smallest absolute Gasteiger partial charge is 0.158 e. The van der Waals surface area contributed by atoms with Crippen LogP contribution < -0.4 is 0 Å². The Morgan fingerprint density at radius 1 is 1.16 bits per heavy atom. The molecule has 0 unspecified atom stereocenters. The van der Waals surface area contributed by atoms with Crippen LogP contribution in [0.3, 0.4) is 0 Å². The monoisotopic (exact) mass is 359 g/mol. The molecule has 2 aliphatic rings. The Hall–Kier alpha value is -1.43. The predicted octanol–water partition coefficient (Wildman–Crippen LogP) is 2.87. The fraction of sp³-hybridized carbons (Fsp3) is 0.500. The molecule has 2 aromatic rings. The van der Waals surface area contributed by atoms with Crippen molar-refractivity contribution in [2.45, 2.75) is 24.6 Å². The molecule has 0 N–H and O–H groups in total. The molecular weight excluding hydrogens is 334 g/mol. The van der Waals surface area contributed by atoms with Gasteiger partial charge in [0.2, 0.25) is 0 Å². The fourth-order valence-corrected chi connectivity index (χ4v) is 6.92. The van der Waals surface area contributed by atoms with E-state index in [0.717, 1.165) is 13.0 Å². The third-order valence-corrected chi connectivity index (χ3v) is 8.48. The molecule has 5 heteroatoms. The number of ether oxygens (including phenoxy) is 1. The second-order valence-corrected chi connectivity index (χ2v) is 9.76. The van der Waals surface area contributed by atoms with Gasteiger partial charge in [-0.15, -0.1) is 0 Å². The van der Waals surface area contributed by atoms with Gasteiger partial charge in [0.05, 0.1) is 12.4 Å². The van der Waals surface area contributed by atoms with E-state index in [1.54, 1.807) is 0 Å². The Kier molecular flexibility index (Phi) is 4.34. The lowest BCUT2D eigenvalue weighted by atomic mass is 9.83. The van der Waals surface area contributed by atoms with Crippen molar-refractivity contribution in [2.24, 2.45) is 5.92 Å². The average molecular weight is 359 g/mol. The molecule has 0 bridgehead atoms. The highest BCUT2D eigenvalue weighted by Gasteiger charge is 2.61. The Morgan fingerprint density at radius 2 is 1.92 bits per heavy atom. The van der Waals surface area contributed by atoms with E-state index in [-0.39, 0.29) is 5.92 Å². The van der Waals surface area contributed by atoms with Crippen LogP contribution in [0.4, 0.5) is 0 Å². The zero-order valence-corrected chi connectivity index (χ0v) is 15.5. The molecule has 0 amide bonds. The summed E-state index contributed by atoms with van der Waals surface area (Å²) < 4.78 is 30.3. The predicted molar refractivity (Wildman–Crippen MR) is 100 cm³/mol. The number of benzene rings is 2. The summed E-state index contributed by atoms with van der Waals surface area (Å²) in [5.41, 5.74) is 1.27. The van der Waals surface area contributed by atoms with E-state index >= 15 is 0 Å². The lowest BCUT2D eigenvalue weighted by Gasteiger charge is -2.50. The summed E-state index contributed by atoms with van der Waals surface area (Å²) in [4.78, 5) is 2.27. The van der Waals surface area contributed by atoms with Crippen molar-refractivity contribution in [2.75, 3.05) is 32.1 Å². The molecule has 0 radical (unpaired) electrons. The molecule has 2 saturated heterocycles. The molecule has 0 aromatic heterocycles. The summed E-state index contributed by atoms with van der Waals surface area (Å²) in [6.45, 7) is 5.25. The van der Waals surface area contributed by atoms with Gasteiger partial charge < -0.3 is 4.74 Å². The van der Waals surface area contributed by atoms with E-state index in [9.17, 15) is 8.42 Å². The third-order valence-electron chi connectivity index (χ3n) is 5.88. The highest BCUT2D eigenvalue weighted by molar-refractivity contribution is 7.93. The van der Waals surface area contributed by atoms with Gasteiger partial charge in [0, 0.05) is 32.2 Å². The first-order valence-corrected chi connectivity index (χ1v) is 10.7. The zero-order valence-electron chi connectivity index (χ0n) is 14.6. The summed E-state index contributed by atoms with van der Waals surface area (Å²) >= 11 is 0. The van der Waals surface area contributed by atoms with Gasteiger partial charge in [-0.05, 0) is 29.7 Å². The summed E-state index contributed by atoms with van der Waals surface area (Å²) in [5.74, 6) is 0.452. The fourth-order valence-electron chi connectivity index (χ4n) is 4.46. The number of fused-ring (bicyclic) bond motifs is 1. The minimum atomic E-state index is -3.02. The van der Waals surface area contributed by atoms with E-state index < -0.39 is 14.6 Å². The molecule has 134 valence electrons. The molecule has 1 atom stereocenters. The maximum Gasteiger partial charge on any atom is 0.158 e. The number of sulfone groups is 1. The molecule has 1 spiro atoms. The van der Waals surface area contributed by atoms with Gasteiger partial charge in [-0.25, -0.2) is 8.42 Å². The highest BCUT2D eigenvalue weighted by atomic mass is 32.2. The first-order chi connectivity index (χ1) is 12.1.